The summed E-state index contributed by atoms with van der Waals surface area (Å²) in [5.41, 5.74) is 11.4. The second-order valence-corrected chi connectivity index (χ2v) is 18.2. The van der Waals surface area contributed by atoms with Crippen LogP contribution in [0.3, 0.4) is 0 Å². The smallest absolute Gasteiger partial charge is 0.122 e. The minimum absolute atomic E-state index is 0.993. The Kier molecular flexibility index (Phi) is 8.06. The molecule has 0 N–H and O–H groups in total. The van der Waals surface area contributed by atoms with Crippen molar-refractivity contribution in [2.75, 3.05) is 0 Å². The lowest BCUT2D eigenvalue weighted by molar-refractivity contribution is 1.27. The molecule has 3 heteroatoms. The highest BCUT2D eigenvalue weighted by atomic mass is 28.3. The number of allylic oxidation sites excluding steroid dienone is 2. The molecule has 0 atom stereocenters. The van der Waals surface area contributed by atoms with Crippen molar-refractivity contribution in [2.24, 2.45) is 0 Å². The van der Waals surface area contributed by atoms with Crippen LogP contribution < -0.4 is 0 Å². The molecule has 6 aromatic carbocycles. The van der Waals surface area contributed by atoms with Crippen LogP contribution in [0.2, 0.25) is 12.6 Å². The molecule has 0 spiro atoms. The molecule has 2 nitrogen and oxygen atoms in total. The van der Waals surface area contributed by atoms with Crippen LogP contribution in [0.5, 0.6) is 0 Å². The summed E-state index contributed by atoms with van der Waals surface area (Å²) in [4.78, 5) is 11.2. The zero-order chi connectivity index (χ0) is 35.1. The molecule has 0 saturated heterocycles. The molecule has 0 amide bonds. The van der Waals surface area contributed by atoms with Gasteiger partial charge in [0, 0.05) is 11.1 Å². The van der Waals surface area contributed by atoms with Crippen LogP contribution in [0.1, 0.15) is 29.4 Å². The molecule has 0 bridgehead atoms. The molecule has 9 rings (SSSR count). The van der Waals surface area contributed by atoms with Crippen molar-refractivity contribution in [3.8, 4) is 22.5 Å². The fraction of sp³-hybridized carbons (Fsp3) is 0.0612. The summed E-state index contributed by atoms with van der Waals surface area (Å²) < 4.78 is 0. The van der Waals surface area contributed by atoms with E-state index in [-0.39, 0.29) is 0 Å². The molecular formula is C49H38N2Si. The van der Waals surface area contributed by atoms with Gasteiger partial charge in [-0.3, -0.25) is 0 Å². The second kappa shape index (κ2) is 13.2. The van der Waals surface area contributed by atoms with E-state index >= 15 is 0 Å². The first-order chi connectivity index (χ1) is 25.6. The van der Waals surface area contributed by atoms with Crippen LogP contribution in [0.4, 0.5) is 0 Å². The van der Waals surface area contributed by atoms with Gasteiger partial charge in [-0.2, -0.15) is 0 Å². The number of nitrogens with zero attached hydrogens (tertiary/aromatic N) is 2. The first-order valence-corrected chi connectivity index (χ1v) is 20.9. The van der Waals surface area contributed by atoms with Gasteiger partial charge in [0.15, 0.2) is 0 Å². The highest BCUT2D eigenvalue weighted by Crippen LogP contribution is 2.56. The van der Waals surface area contributed by atoms with Crippen LogP contribution in [0.25, 0.3) is 65.6 Å². The molecule has 0 aliphatic carbocycles. The lowest BCUT2D eigenvalue weighted by Crippen LogP contribution is -2.32. The Hall–Kier alpha value is -6.16. The maximum absolute atomic E-state index is 5.58. The topological polar surface area (TPSA) is 25.8 Å². The number of hydrogen-bond donors (Lipinski definition) is 0. The van der Waals surface area contributed by atoms with E-state index in [4.69, 9.17) is 9.97 Å². The summed E-state index contributed by atoms with van der Waals surface area (Å²) in [5, 5.41) is 7.61. The number of pyridine rings is 2. The van der Waals surface area contributed by atoms with Crippen LogP contribution >= 0.6 is 0 Å². The molecule has 52 heavy (non-hydrogen) atoms. The standard InChI is InChI=1S/C49H38N2Si/c1-3-52(2)48(44-32-16-30-42(50-44)40-28-14-24-34-18-10-12-26-38(34)40)46(36-20-6-4-7-21-36)47(37-22-8-5-9-23-37)49(52)45-33-17-31-43(51-45)41-29-15-25-35-19-11-13-27-39(35)41/h4-33H,3H2,1-2H3. The van der Waals surface area contributed by atoms with Crippen LogP contribution in [-0.2, 0) is 0 Å². The Balaban J connectivity index is 1.32. The van der Waals surface area contributed by atoms with Crippen molar-refractivity contribution in [2.45, 2.75) is 19.5 Å². The summed E-state index contributed by atoms with van der Waals surface area (Å²) in [6, 6.07) is 66.3. The van der Waals surface area contributed by atoms with Gasteiger partial charge in [0.1, 0.15) is 8.07 Å². The van der Waals surface area contributed by atoms with E-state index in [1.807, 2.05) is 0 Å². The van der Waals surface area contributed by atoms with E-state index < -0.39 is 8.07 Å². The van der Waals surface area contributed by atoms with Crippen LogP contribution in [0, 0.1) is 0 Å². The highest BCUT2D eigenvalue weighted by molar-refractivity contribution is 7.13. The summed E-state index contributed by atoms with van der Waals surface area (Å²) in [7, 11) is -2.51. The van der Waals surface area contributed by atoms with Crippen molar-refractivity contribution in [1.82, 2.24) is 9.97 Å². The molecule has 0 saturated carbocycles. The number of benzene rings is 6. The molecule has 0 unspecified atom stereocenters. The monoisotopic (exact) mass is 682 g/mol. The highest BCUT2D eigenvalue weighted by Gasteiger charge is 2.47. The third-order valence-electron chi connectivity index (χ3n) is 10.8. The van der Waals surface area contributed by atoms with Gasteiger partial charge in [0.2, 0.25) is 0 Å². The van der Waals surface area contributed by atoms with Crippen molar-refractivity contribution < 1.29 is 0 Å². The lowest BCUT2D eigenvalue weighted by atomic mass is 9.90. The van der Waals surface area contributed by atoms with Gasteiger partial charge in [-0.25, -0.2) is 9.97 Å². The molecule has 3 heterocycles. The van der Waals surface area contributed by atoms with Crippen molar-refractivity contribution in [1.29, 1.82) is 0 Å². The third-order valence-corrected chi connectivity index (χ3v) is 15.5. The molecular weight excluding hydrogens is 645 g/mol. The molecule has 2 aromatic heterocycles. The number of rotatable bonds is 7. The van der Waals surface area contributed by atoms with Gasteiger partial charge in [0.25, 0.3) is 0 Å². The largest absolute Gasteiger partial charge is 0.248 e. The minimum Gasteiger partial charge on any atom is -0.248 e. The molecule has 0 radical (unpaired) electrons. The molecule has 248 valence electrons. The maximum atomic E-state index is 5.58. The van der Waals surface area contributed by atoms with Crippen LogP contribution in [0.15, 0.2) is 182 Å². The van der Waals surface area contributed by atoms with Gasteiger partial charge >= 0.3 is 0 Å². The predicted molar refractivity (Wildman–Crippen MR) is 223 cm³/mol. The predicted octanol–water partition coefficient (Wildman–Crippen LogP) is 12.8. The van der Waals surface area contributed by atoms with Gasteiger partial charge < -0.3 is 0 Å². The first-order valence-electron chi connectivity index (χ1n) is 18.2. The van der Waals surface area contributed by atoms with E-state index in [1.165, 1.54) is 54.2 Å². The second-order valence-electron chi connectivity index (χ2n) is 13.8. The van der Waals surface area contributed by atoms with Crippen molar-refractivity contribution >= 4 is 51.2 Å². The maximum Gasteiger partial charge on any atom is 0.122 e. The van der Waals surface area contributed by atoms with Crippen molar-refractivity contribution in [3.63, 3.8) is 0 Å². The third kappa shape index (κ3) is 5.33. The number of hydrogen-bond acceptors (Lipinski definition) is 2. The molecule has 8 aromatic rings. The zero-order valence-electron chi connectivity index (χ0n) is 29.4. The normalized spacial score (nSPS) is 14.0. The Morgan fingerprint density at radius 1 is 0.385 bits per heavy atom. The minimum atomic E-state index is -2.51. The Bertz CT molecular complexity index is 2480. The Morgan fingerprint density at radius 3 is 1.19 bits per heavy atom. The van der Waals surface area contributed by atoms with E-state index in [2.05, 4.69) is 195 Å². The van der Waals surface area contributed by atoms with Gasteiger partial charge in [0.05, 0.1) is 22.8 Å². The number of aromatic nitrogens is 2. The molecule has 1 aliphatic heterocycles. The summed E-state index contributed by atoms with van der Waals surface area (Å²) in [6.45, 7) is 4.90. The average molecular weight is 683 g/mol. The molecule has 0 fully saturated rings. The Labute approximate surface area is 306 Å². The SMILES string of the molecule is CC[Si]1(C)C(c2cccc(-c3cccc4ccccc34)n2)=C(c2ccccc2)C(c2ccccc2)=C1c1cccc(-c2cccc3ccccc23)n1. The summed E-state index contributed by atoms with van der Waals surface area (Å²) >= 11 is 0. The summed E-state index contributed by atoms with van der Waals surface area (Å²) in [5.74, 6) is 0. The summed E-state index contributed by atoms with van der Waals surface area (Å²) in [6.07, 6.45) is 0. The zero-order valence-corrected chi connectivity index (χ0v) is 30.4. The van der Waals surface area contributed by atoms with Gasteiger partial charge in [-0.1, -0.05) is 177 Å². The van der Waals surface area contributed by atoms with Crippen LogP contribution in [-0.4, -0.2) is 18.0 Å². The fourth-order valence-electron chi connectivity index (χ4n) is 8.23. The van der Waals surface area contributed by atoms with Crippen molar-refractivity contribution in [3.05, 3.63) is 205 Å². The van der Waals surface area contributed by atoms with E-state index in [1.54, 1.807) is 0 Å². The Morgan fingerprint density at radius 2 is 0.750 bits per heavy atom. The molecule has 1 aliphatic rings. The number of fused-ring (bicyclic) bond motifs is 2. The average Bonchev–Trinajstić information content (AvgIpc) is 3.50. The first kappa shape index (κ1) is 31.8. The fourth-order valence-corrected chi connectivity index (χ4v) is 12.2. The van der Waals surface area contributed by atoms with Gasteiger partial charge in [-0.15, -0.1) is 0 Å². The quantitative estimate of drug-likeness (QED) is 0.156. The lowest BCUT2D eigenvalue weighted by Gasteiger charge is -2.29. The van der Waals surface area contributed by atoms with Gasteiger partial charge in [-0.05, 0) is 78.5 Å². The van der Waals surface area contributed by atoms with E-state index in [0.29, 0.717) is 0 Å². The van der Waals surface area contributed by atoms with E-state index in [0.717, 1.165) is 39.9 Å². The van der Waals surface area contributed by atoms with E-state index in [9.17, 15) is 0 Å².